The van der Waals surface area contributed by atoms with E-state index in [-0.39, 0.29) is 59.4 Å². The number of halogens is 3. The molecule has 0 spiro atoms. The summed E-state index contributed by atoms with van der Waals surface area (Å²) in [4.78, 5) is 43.1. The van der Waals surface area contributed by atoms with E-state index in [9.17, 15) is 14.4 Å². The van der Waals surface area contributed by atoms with E-state index in [4.69, 9.17) is 32.7 Å². The smallest absolute Gasteiger partial charge is 0.307 e. The van der Waals surface area contributed by atoms with Gasteiger partial charge in [-0.1, -0.05) is 29.3 Å². The van der Waals surface area contributed by atoms with Crippen molar-refractivity contribution in [3.05, 3.63) is 67.7 Å². The fraction of sp³-hybridized carbons (Fsp3) is 0.469. The molecule has 2 unspecified atom stereocenters. The number of nitrogens with zero attached hydrogens (tertiary/aromatic N) is 3. The van der Waals surface area contributed by atoms with Crippen LogP contribution in [0.3, 0.4) is 0 Å². The molecule has 2 atom stereocenters. The Hall–Kier alpha value is -3.34. The monoisotopic (exact) mass is 646 g/mol. The van der Waals surface area contributed by atoms with E-state index in [1.54, 1.807) is 31.3 Å². The Kier molecular flexibility index (Phi) is 9.72. The molecule has 1 N–H and O–H groups in total. The van der Waals surface area contributed by atoms with Crippen LogP contribution in [0.2, 0.25) is 10.0 Å². The summed E-state index contributed by atoms with van der Waals surface area (Å²) in [6, 6.07) is 6.26. The zero-order chi connectivity index (χ0) is 31.7. The summed E-state index contributed by atoms with van der Waals surface area (Å²) in [6.07, 6.45) is 3.57. The average molecular weight is 648 g/mol. The highest BCUT2D eigenvalue weighted by molar-refractivity contribution is 6.35. The van der Waals surface area contributed by atoms with Gasteiger partial charge >= 0.3 is 5.97 Å². The second-order valence-electron chi connectivity index (χ2n) is 11.5. The molecule has 3 aromatic rings. The quantitative estimate of drug-likeness (QED) is 0.288. The Morgan fingerprint density at radius 3 is 2.43 bits per heavy atom. The number of rotatable bonds is 10. The maximum absolute atomic E-state index is 16.1. The third-order valence-corrected chi connectivity index (χ3v) is 8.93. The van der Waals surface area contributed by atoms with Crippen LogP contribution in [0, 0.1) is 5.82 Å². The standard InChI is InChI=1S/C32H37Cl2FN4O5/c1-5-44-27(40)10-11-38-18(2)15-37(16-19(38)3)29-26(35)13-23-28(31(29)43-4)39(22-8-9-22)17-24(30(23)41)32(42)36-14-20-6-7-21(33)12-25(20)34/h6-7,12-13,17-19,22H,5,8-11,14-16H2,1-4H3,(H,36,42). The first-order valence-corrected chi connectivity index (χ1v) is 15.6. The number of hydrogen-bond donors (Lipinski definition) is 1. The Morgan fingerprint density at radius 1 is 1.11 bits per heavy atom. The number of pyridine rings is 1. The molecule has 44 heavy (non-hydrogen) atoms. The number of ether oxygens (including phenoxy) is 2. The number of piperazine rings is 1. The molecule has 9 nitrogen and oxygen atoms in total. The van der Waals surface area contributed by atoms with E-state index < -0.39 is 17.2 Å². The minimum Gasteiger partial charge on any atom is -0.492 e. The predicted molar refractivity (Wildman–Crippen MR) is 170 cm³/mol. The maximum atomic E-state index is 16.1. The summed E-state index contributed by atoms with van der Waals surface area (Å²) in [5.41, 5.74) is 0.743. The van der Waals surface area contributed by atoms with Gasteiger partial charge in [-0.15, -0.1) is 0 Å². The van der Waals surface area contributed by atoms with E-state index in [0.717, 1.165) is 12.8 Å². The summed E-state index contributed by atoms with van der Waals surface area (Å²) >= 11 is 12.2. The minimum atomic E-state index is -0.598. The number of esters is 1. The first-order chi connectivity index (χ1) is 21.0. The van der Waals surface area contributed by atoms with Gasteiger partial charge in [-0.3, -0.25) is 19.3 Å². The third-order valence-electron chi connectivity index (χ3n) is 8.34. The molecule has 1 aromatic heterocycles. The van der Waals surface area contributed by atoms with Gasteiger partial charge in [0, 0.05) is 60.5 Å². The molecule has 2 fully saturated rings. The van der Waals surface area contributed by atoms with Crippen LogP contribution >= 0.6 is 23.2 Å². The topological polar surface area (TPSA) is 93.1 Å². The third kappa shape index (κ3) is 6.53. The molecule has 2 aromatic carbocycles. The molecule has 2 heterocycles. The second-order valence-corrected chi connectivity index (χ2v) is 12.3. The van der Waals surface area contributed by atoms with Crippen LogP contribution in [-0.4, -0.2) is 66.8 Å². The lowest BCUT2D eigenvalue weighted by atomic mass is 10.0. The van der Waals surface area contributed by atoms with Gasteiger partial charge in [0.05, 0.1) is 31.0 Å². The van der Waals surface area contributed by atoms with Gasteiger partial charge in [-0.2, -0.15) is 0 Å². The van der Waals surface area contributed by atoms with Crippen LogP contribution < -0.4 is 20.4 Å². The van der Waals surface area contributed by atoms with Crippen molar-refractivity contribution in [1.29, 1.82) is 0 Å². The highest BCUT2D eigenvalue weighted by atomic mass is 35.5. The largest absolute Gasteiger partial charge is 0.492 e. The Bertz CT molecular complexity index is 1630. The number of methoxy groups -OCH3 is 1. The van der Waals surface area contributed by atoms with E-state index in [2.05, 4.69) is 10.2 Å². The molecular formula is C32H37Cl2FN4O5. The molecule has 0 bridgehead atoms. The van der Waals surface area contributed by atoms with Crippen molar-refractivity contribution >= 4 is 51.7 Å². The van der Waals surface area contributed by atoms with Crippen molar-refractivity contribution in [2.45, 2.75) is 64.7 Å². The van der Waals surface area contributed by atoms with Gasteiger partial charge in [0.2, 0.25) is 5.43 Å². The molecule has 12 heteroatoms. The number of hydrogen-bond acceptors (Lipinski definition) is 7. The molecule has 0 radical (unpaired) electrons. The van der Waals surface area contributed by atoms with Gasteiger partial charge < -0.3 is 24.3 Å². The predicted octanol–water partition coefficient (Wildman–Crippen LogP) is 5.57. The average Bonchev–Trinajstić information content (AvgIpc) is 3.81. The summed E-state index contributed by atoms with van der Waals surface area (Å²) < 4.78 is 28.9. The summed E-state index contributed by atoms with van der Waals surface area (Å²) in [7, 11) is 1.47. The molecular weight excluding hydrogens is 610 g/mol. The second kappa shape index (κ2) is 13.3. The Labute approximate surface area is 265 Å². The van der Waals surface area contributed by atoms with Crippen molar-refractivity contribution in [3.8, 4) is 5.75 Å². The number of fused-ring (bicyclic) bond motifs is 1. The number of anilines is 1. The lowest BCUT2D eigenvalue weighted by Gasteiger charge is -2.45. The molecule has 2 aliphatic rings. The normalized spacial score (nSPS) is 18.8. The van der Waals surface area contributed by atoms with Crippen molar-refractivity contribution in [1.82, 2.24) is 14.8 Å². The Balaban J connectivity index is 1.47. The summed E-state index contributed by atoms with van der Waals surface area (Å²) in [5.74, 6) is -1.15. The molecule has 1 aliphatic heterocycles. The molecule has 1 saturated heterocycles. The first kappa shape index (κ1) is 32.1. The van der Waals surface area contributed by atoms with Crippen LogP contribution in [0.15, 0.2) is 35.3 Å². The lowest BCUT2D eigenvalue weighted by molar-refractivity contribution is -0.143. The van der Waals surface area contributed by atoms with Crippen LogP contribution in [0.4, 0.5) is 10.1 Å². The van der Waals surface area contributed by atoms with E-state index in [1.165, 1.54) is 13.2 Å². The molecule has 1 aliphatic carbocycles. The Morgan fingerprint density at radius 2 is 1.82 bits per heavy atom. The zero-order valence-corrected chi connectivity index (χ0v) is 26.8. The highest BCUT2D eigenvalue weighted by Crippen LogP contribution is 2.44. The summed E-state index contributed by atoms with van der Waals surface area (Å²) in [6.45, 7) is 7.83. The summed E-state index contributed by atoms with van der Waals surface area (Å²) in [5, 5.41) is 3.72. The molecule has 1 amide bonds. The number of benzene rings is 2. The molecule has 236 valence electrons. The number of carbonyl (C=O) groups excluding carboxylic acids is 2. The first-order valence-electron chi connectivity index (χ1n) is 14.9. The minimum absolute atomic E-state index is 0.0128. The zero-order valence-electron chi connectivity index (χ0n) is 25.3. The number of nitrogens with one attached hydrogen (secondary N) is 1. The maximum Gasteiger partial charge on any atom is 0.307 e. The van der Waals surface area contributed by atoms with E-state index in [1.807, 2.05) is 23.3 Å². The lowest BCUT2D eigenvalue weighted by Crippen LogP contribution is -2.57. The van der Waals surface area contributed by atoms with Gasteiger partial charge in [0.1, 0.15) is 11.3 Å². The fourth-order valence-electron chi connectivity index (χ4n) is 6.10. The molecule has 5 rings (SSSR count). The number of amides is 1. The van der Waals surface area contributed by atoms with Crippen LogP contribution in [0.25, 0.3) is 10.9 Å². The van der Waals surface area contributed by atoms with E-state index in [0.29, 0.717) is 47.4 Å². The molecule has 1 saturated carbocycles. The van der Waals surface area contributed by atoms with Crippen LogP contribution in [0.5, 0.6) is 5.75 Å². The van der Waals surface area contributed by atoms with E-state index >= 15 is 4.39 Å². The van der Waals surface area contributed by atoms with Crippen molar-refractivity contribution in [2.24, 2.45) is 0 Å². The SMILES string of the molecule is CCOC(=O)CCN1C(C)CN(c2c(F)cc3c(=O)c(C(=O)NCc4ccc(Cl)cc4Cl)cn(C4CC4)c3c2OC)CC1C. The van der Waals surface area contributed by atoms with Crippen molar-refractivity contribution < 1.29 is 23.5 Å². The van der Waals surface area contributed by atoms with Gasteiger partial charge in [-0.05, 0) is 57.4 Å². The van der Waals surface area contributed by atoms with Crippen LogP contribution in [0.1, 0.15) is 62.0 Å². The van der Waals surface area contributed by atoms with Gasteiger partial charge in [0.25, 0.3) is 5.91 Å². The fourth-order valence-corrected chi connectivity index (χ4v) is 6.58. The van der Waals surface area contributed by atoms with Gasteiger partial charge in [-0.25, -0.2) is 4.39 Å². The van der Waals surface area contributed by atoms with Gasteiger partial charge in [0.15, 0.2) is 11.6 Å². The van der Waals surface area contributed by atoms with Crippen LogP contribution in [-0.2, 0) is 16.1 Å². The highest BCUT2D eigenvalue weighted by Gasteiger charge is 2.35. The van der Waals surface area contributed by atoms with Crippen molar-refractivity contribution in [3.63, 3.8) is 0 Å². The number of carbonyl (C=O) groups is 2. The van der Waals surface area contributed by atoms with Crippen molar-refractivity contribution in [2.75, 3.05) is 38.3 Å². The number of aromatic nitrogens is 1.